The zero-order valence-corrected chi connectivity index (χ0v) is 12.2. The second-order valence-electron chi connectivity index (χ2n) is 4.32. The van der Waals surface area contributed by atoms with E-state index in [0.717, 1.165) is 17.1 Å². The summed E-state index contributed by atoms with van der Waals surface area (Å²) in [5.74, 6) is 0.740. The van der Waals surface area contributed by atoms with Gasteiger partial charge >= 0.3 is 0 Å². The van der Waals surface area contributed by atoms with Gasteiger partial charge in [-0.2, -0.15) is 5.10 Å². The van der Waals surface area contributed by atoms with Crippen molar-refractivity contribution in [3.05, 3.63) is 24.5 Å². The van der Waals surface area contributed by atoms with Crippen molar-refractivity contribution in [3.63, 3.8) is 0 Å². The van der Waals surface area contributed by atoms with E-state index in [1.807, 2.05) is 19.1 Å². The van der Waals surface area contributed by atoms with Crippen LogP contribution in [-0.2, 0) is 10.0 Å². The van der Waals surface area contributed by atoms with E-state index in [1.165, 1.54) is 11.8 Å². The van der Waals surface area contributed by atoms with Gasteiger partial charge in [0.25, 0.3) is 0 Å². The van der Waals surface area contributed by atoms with Crippen molar-refractivity contribution < 1.29 is 8.42 Å². The number of primary sulfonamides is 1. The molecule has 0 amide bonds. The zero-order valence-electron chi connectivity index (χ0n) is 10.6. The highest BCUT2D eigenvalue weighted by Crippen LogP contribution is 2.21. The average Bonchev–Trinajstić information content (AvgIpc) is 2.80. The normalized spacial score (nSPS) is 13.8. The van der Waals surface area contributed by atoms with E-state index in [-0.39, 0.29) is 11.7 Å². The number of nitrogens with zero attached hydrogens (tertiary/aromatic N) is 3. The molecule has 1 unspecified atom stereocenters. The smallest absolute Gasteiger partial charge is 0.209 e. The maximum absolute atomic E-state index is 11.1. The molecule has 0 bridgehead atoms. The molecule has 0 saturated heterocycles. The van der Waals surface area contributed by atoms with Crippen LogP contribution in [0.25, 0.3) is 5.65 Å². The Bertz CT molecular complexity index is 654. The minimum atomic E-state index is -3.41. The van der Waals surface area contributed by atoms with E-state index in [4.69, 9.17) is 5.14 Å². The molecule has 0 spiro atoms. The molecule has 0 aliphatic carbocycles. The number of sulfonamides is 1. The molecule has 1 atom stereocenters. The van der Waals surface area contributed by atoms with Gasteiger partial charge < -0.3 is 0 Å². The maximum Gasteiger partial charge on any atom is 0.209 e. The second-order valence-corrected chi connectivity index (χ2v) is 7.02. The molecule has 0 aliphatic heterocycles. The van der Waals surface area contributed by atoms with Gasteiger partial charge in [-0.1, -0.05) is 13.3 Å². The van der Waals surface area contributed by atoms with Crippen LogP contribution in [0.15, 0.2) is 29.6 Å². The molecule has 8 heteroatoms. The highest BCUT2D eigenvalue weighted by atomic mass is 32.2. The summed E-state index contributed by atoms with van der Waals surface area (Å²) in [5.41, 5.74) is 0.793. The van der Waals surface area contributed by atoms with Crippen LogP contribution in [0.4, 0.5) is 0 Å². The van der Waals surface area contributed by atoms with Gasteiger partial charge in [-0.05, 0) is 18.1 Å². The highest BCUT2D eigenvalue weighted by Gasteiger charge is 2.15. The number of aromatic nitrogens is 3. The van der Waals surface area contributed by atoms with E-state index >= 15 is 0 Å². The summed E-state index contributed by atoms with van der Waals surface area (Å²) < 4.78 is 23.9. The summed E-state index contributed by atoms with van der Waals surface area (Å²) in [7, 11) is -3.41. The topological polar surface area (TPSA) is 90.3 Å². The number of imidazole rings is 1. The van der Waals surface area contributed by atoms with Crippen LogP contribution >= 0.6 is 11.8 Å². The molecule has 0 radical (unpaired) electrons. The first kappa shape index (κ1) is 14.3. The summed E-state index contributed by atoms with van der Waals surface area (Å²) in [6.07, 6.45) is 4.24. The van der Waals surface area contributed by atoms with Crippen LogP contribution in [0.2, 0.25) is 0 Å². The fourth-order valence-electron chi connectivity index (χ4n) is 1.69. The molecule has 0 saturated carbocycles. The quantitative estimate of drug-likeness (QED) is 0.808. The molecular formula is C11H16N4O2S2. The zero-order chi connectivity index (χ0) is 13.9. The first-order valence-corrected chi connectivity index (χ1v) is 8.61. The fraction of sp³-hybridized carbons (Fsp3) is 0.455. The first-order valence-electron chi connectivity index (χ1n) is 5.91. The van der Waals surface area contributed by atoms with Gasteiger partial charge in [-0.3, -0.25) is 0 Å². The largest absolute Gasteiger partial charge is 0.236 e. The Kier molecular flexibility index (Phi) is 4.43. The van der Waals surface area contributed by atoms with Crippen molar-refractivity contribution in [2.45, 2.75) is 18.4 Å². The highest BCUT2D eigenvalue weighted by molar-refractivity contribution is 7.99. The van der Waals surface area contributed by atoms with Crippen LogP contribution in [0, 0.1) is 5.92 Å². The Morgan fingerprint density at radius 3 is 2.95 bits per heavy atom. The van der Waals surface area contributed by atoms with Crippen LogP contribution in [0.1, 0.15) is 13.3 Å². The SMILES string of the molecule is CCC(CSc1ccc2nccn2n1)CS(N)(=O)=O. The number of thioether (sulfide) groups is 1. The molecule has 2 aromatic rings. The first-order chi connectivity index (χ1) is 8.98. The lowest BCUT2D eigenvalue weighted by molar-refractivity contribution is 0.569. The summed E-state index contributed by atoms with van der Waals surface area (Å²) in [4.78, 5) is 4.12. The Morgan fingerprint density at radius 2 is 2.26 bits per heavy atom. The second kappa shape index (κ2) is 5.89. The molecule has 0 aliphatic rings. The summed E-state index contributed by atoms with van der Waals surface area (Å²) in [6, 6.07) is 3.77. The summed E-state index contributed by atoms with van der Waals surface area (Å²) >= 11 is 1.53. The van der Waals surface area contributed by atoms with Crippen molar-refractivity contribution >= 4 is 27.4 Å². The third-order valence-electron chi connectivity index (χ3n) is 2.74. The third-order valence-corrected chi connectivity index (χ3v) is 4.83. The number of hydrogen-bond acceptors (Lipinski definition) is 5. The molecule has 2 aromatic heterocycles. The number of rotatable bonds is 6. The van der Waals surface area contributed by atoms with Crippen molar-refractivity contribution in [2.24, 2.45) is 11.1 Å². The van der Waals surface area contributed by atoms with E-state index in [0.29, 0.717) is 5.75 Å². The Hall–Kier alpha value is -1.12. The van der Waals surface area contributed by atoms with Gasteiger partial charge in [0.15, 0.2) is 5.65 Å². The predicted molar refractivity (Wildman–Crippen MR) is 75.5 cm³/mol. The molecule has 2 rings (SSSR count). The number of hydrogen-bond donors (Lipinski definition) is 1. The molecule has 19 heavy (non-hydrogen) atoms. The van der Waals surface area contributed by atoms with Gasteiger partial charge in [0.1, 0.15) is 5.03 Å². The lowest BCUT2D eigenvalue weighted by Crippen LogP contribution is -2.24. The molecule has 0 fully saturated rings. The van der Waals surface area contributed by atoms with Crippen molar-refractivity contribution in [1.29, 1.82) is 0 Å². The van der Waals surface area contributed by atoms with Crippen LogP contribution in [-0.4, -0.2) is 34.5 Å². The molecule has 2 N–H and O–H groups in total. The van der Waals surface area contributed by atoms with Crippen LogP contribution in [0.3, 0.4) is 0 Å². The monoisotopic (exact) mass is 300 g/mol. The van der Waals surface area contributed by atoms with Gasteiger partial charge in [-0.25, -0.2) is 23.1 Å². The van der Waals surface area contributed by atoms with Crippen molar-refractivity contribution in [3.8, 4) is 0 Å². The van der Waals surface area contributed by atoms with Crippen molar-refractivity contribution in [2.75, 3.05) is 11.5 Å². The standard InChI is InChI=1S/C11H16N4O2S2/c1-2-9(8-19(12,16)17)7-18-11-4-3-10-13-5-6-15(10)14-11/h3-6,9H,2,7-8H2,1H3,(H2,12,16,17). The Labute approximate surface area is 116 Å². The average molecular weight is 300 g/mol. The molecule has 104 valence electrons. The van der Waals surface area contributed by atoms with Crippen LogP contribution < -0.4 is 5.14 Å². The summed E-state index contributed by atoms with van der Waals surface area (Å²) in [5, 5.41) is 10.3. The minimum absolute atomic E-state index is 0.0177. The lowest BCUT2D eigenvalue weighted by atomic mass is 10.2. The van der Waals surface area contributed by atoms with E-state index < -0.39 is 10.0 Å². The van der Waals surface area contributed by atoms with Crippen molar-refractivity contribution in [1.82, 2.24) is 14.6 Å². The molecular weight excluding hydrogens is 284 g/mol. The maximum atomic E-state index is 11.1. The van der Waals surface area contributed by atoms with Crippen LogP contribution in [0.5, 0.6) is 0 Å². The fourth-order valence-corrected chi connectivity index (χ4v) is 3.92. The Morgan fingerprint density at radius 1 is 1.47 bits per heavy atom. The van der Waals surface area contributed by atoms with Gasteiger partial charge in [0.05, 0.1) is 5.75 Å². The molecule has 0 aromatic carbocycles. The lowest BCUT2D eigenvalue weighted by Gasteiger charge is -2.12. The van der Waals surface area contributed by atoms with E-state index in [2.05, 4.69) is 10.1 Å². The summed E-state index contributed by atoms with van der Waals surface area (Å²) in [6.45, 7) is 1.96. The number of fused-ring (bicyclic) bond motifs is 1. The minimum Gasteiger partial charge on any atom is -0.236 e. The Balaban J connectivity index is 2.00. The van der Waals surface area contributed by atoms with Gasteiger partial charge in [0, 0.05) is 18.1 Å². The number of nitrogens with two attached hydrogens (primary N) is 1. The predicted octanol–water partition coefficient (Wildman–Crippen LogP) is 1.14. The van der Waals surface area contributed by atoms with Gasteiger partial charge in [0.2, 0.25) is 10.0 Å². The molecule has 6 nitrogen and oxygen atoms in total. The van der Waals surface area contributed by atoms with E-state index in [9.17, 15) is 8.42 Å². The van der Waals surface area contributed by atoms with E-state index in [1.54, 1.807) is 16.9 Å². The third kappa shape index (κ3) is 4.19. The van der Waals surface area contributed by atoms with Gasteiger partial charge in [-0.15, -0.1) is 11.8 Å². The molecule has 2 heterocycles.